The SMILES string of the molecule is Cc1cc(CN2CCC3(CC2)CCN(Cc2cscn2)C[C@@H]3CO)on1. The molecule has 1 atom stereocenters. The van der Waals surface area contributed by atoms with Gasteiger partial charge in [-0.15, -0.1) is 11.3 Å². The second kappa shape index (κ2) is 7.76. The van der Waals surface area contributed by atoms with Gasteiger partial charge in [-0.05, 0) is 51.2 Å². The van der Waals surface area contributed by atoms with Gasteiger partial charge in [-0.2, -0.15) is 0 Å². The fraction of sp³-hybridized carbons (Fsp3) is 0.684. The first-order chi connectivity index (χ1) is 12.7. The van der Waals surface area contributed by atoms with Crippen molar-refractivity contribution in [3.8, 4) is 0 Å². The Morgan fingerprint density at radius 3 is 2.62 bits per heavy atom. The summed E-state index contributed by atoms with van der Waals surface area (Å²) in [5, 5.41) is 16.2. The summed E-state index contributed by atoms with van der Waals surface area (Å²) in [6.07, 6.45) is 3.50. The summed E-state index contributed by atoms with van der Waals surface area (Å²) in [5.74, 6) is 1.32. The number of aryl methyl sites for hydroxylation is 1. The zero-order chi connectivity index (χ0) is 18.0. The van der Waals surface area contributed by atoms with Crippen molar-refractivity contribution in [3.63, 3.8) is 0 Å². The van der Waals surface area contributed by atoms with Crippen LogP contribution in [0, 0.1) is 18.3 Å². The molecular formula is C19H28N4O2S. The maximum Gasteiger partial charge on any atom is 0.150 e. The van der Waals surface area contributed by atoms with Gasteiger partial charge in [0.2, 0.25) is 0 Å². The number of aliphatic hydroxyl groups excluding tert-OH is 1. The Morgan fingerprint density at radius 1 is 1.23 bits per heavy atom. The average Bonchev–Trinajstić information content (AvgIpc) is 3.30. The van der Waals surface area contributed by atoms with Crippen LogP contribution < -0.4 is 0 Å². The number of rotatable bonds is 5. The van der Waals surface area contributed by atoms with Crippen molar-refractivity contribution in [2.45, 2.75) is 39.3 Å². The molecule has 2 aliphatic rings. The lowest BCUT2D eigenvalue weighted by atomic mass is 9.64. The van der Waals surface area contributed by atoms with Crippen LogP contribution in [0.2, 0.25) is 0 Å². The maximum atomic E-state index is 10.1. The second-order valence-electron chi connectivity index (χ2n) is 7.92. The van der Waals surface area contributed by atoms with Crippen LogP contribution >= 0.6 is 11.3 Å². The van der Waals surface area contributed by atoms with Gasteiger partial charge < -0.3 is 9.63 Å². The Labute approximate surface area is 158 Å². The zero-order valence-corrected chi connectivity index (χ0v) is 16.2. The molecule has 0 radical (unpaired) electrons. The van der Waals surface area contributed by atoms with Crippen LogP contribution in [-0.4, -0.2) is 57.8 Å². The van der Waals surface area contributed by atoms with Gasteiger partial charge in [0.05, 0.1) is 23.4 Å². The summed E-state index contributed by atoms with van der Waals surface area (Å²) < 4.78 is 5.37. The molecule has 26 heavy (non-hydrogen) atoms. The second-order valence-corrected chi connectivity index (χ2v) is 8.64. The van der Waals surface area contributed by atoms with Crippen molar-refractivity contribution in [2.75, 3.05) is 32.8 Å². The van der Waals surface area contributed by atoms with Crippen molar-refractivity contribution in [1.29, 1.82) is 0 Å². The molecule has 0 unspecified atom stereocenters. The minimum absolute atomic E-state index is 0.287. The van der Waals surface area contributed by atoms with Gasteiger partial charge in [0.15, 0.2) is 5.76 Å². The van der Waals surface area contributed by atoms with Crippen LogP contribution in [0.1, 0.15) is 36.4 Å². The highest BCUT2D eigenvalue weighted by Crippen LogP contribution is 2.45. The quantitative estimate of drug-likeness (QED) is 0.865. The molecule has 7 heteroatoms. The monoisotopic (exact) mass is 376 g/mol. The Kier molecular flexibility index (Phi) is 5.40. The van der Waals surface area contributed by atoms with E-state index in [0.29, 0.717) is 11.3 Å². The highest BCUT2D eigenvalue weighted by Gasteiger charge is 2.44. The van der Waals surface area contributed by atoms with Gasteiger partial charge in [0, 0.05) is 37.1 Å². The molecule has 2 saturated heterocycles. The van der Waals surface area contributed by atoms with Crippen LogP contribution in [0.15, 0.2) is 21.5 Å². The van der Waals surface area contributed by atoms with Gasteiger partial charge in [-0.1, -0.05) is 5.16 Å². The van der Waals surface area contributed by atoms with E-state index in [1.807, 2.05) is 18.5 Å². The van der Waals surface area contributed by atoms with E-state index in [-0.39, 0.29) is 6.61 Å². The lowest BCUT2D eigenvalue weighted by molar-refractivity contribution is -0.0461. The highest BCUT2D eigenvalue weighted by molar-refractivity contribution is 7.07. The van der Waals surface area contributed by atoms with Crippen molar-refractivity contribution in [3.05, 3.63) is 34.1 Å². The molecule has 0 aliphatic carbocycles. The maximum absolute atomic E-state index is 10.1. The third kappa shape index (κ3) is 3.86. The van der Waals surface area contributed by atoms with Crippen LogP contribution in [0.4, 0.5) is 0 Å². The Balaban J connectivity index is 1.33. The summed E-state index contributed by atoms with van der Waals surface area (Å²) >= 11 is 1.65. The molecular weight excluding hydrogens is 348 g/mol. The number of likely N-dealkylation sites (tertiary alicyclic amines) is 2. The standard InChI is InChI=1S/C19H28N4O2S/c1-15-8-18(25-21-15)11-22-5-2-19(3-6-22)4-7-23(9-16(19)12-24)10-17-13-26-14-20-17/h8,13-14,16,24H,2-7,9-12H2,1H3/t16-/m1/s1. The number of nitrogens with zero attached hydrogens (tertiary/aromatic N) is 4. The third-order valence-electron chi connectivity index (χ3n) is 6.27. The van der Waals surface area contributed by atoms with Gasteiger partial charge in [0.25, 0.3) is 0 Å². The van der Waals surface area contributed by atoms with Gasteiger partial charge in [0.1, 0.15) is 0 Å². The van der Waals surface area contributed by atoms with Crippen molar-refractivity contribution < 1.29 is 9.63 Å². The smallest absolute Gasteiger partial charge is 0.150 e. The molecule has 4 heterocycles. The molecule has 4 rings (SSSR count). The fourth-order valence-electron chi connectivity index (χ4n) is 4.65. The van der Waals surface area contributed by atoms with Crippen LogP contribution in [0.5, 0.6) is 0 Å². The van der Waals surface area contributed by atoms with E-state index < -0.39 is 0 Å². The lowest BCUT2D eigenvalue weighted by Gasteiger charge is -2.51. The molecule has 0 amide bonds. The van der Waals surface area contributed by atoms with E-state index in [1.54, 1.807) is 11.3 Å². The van der Waals surface area contributed by atoms with Crippen molar-refractivity contribution >= 4 is 11.3 Å². The summed E-state index contributed by atoms with van der Waals surface area (Å²) in [6.45, 7) is 8.23. The van der Waals surface area contributed by atoms with Crippen LogP contribution in [-0.2, 0) is 13.1 Å². The minimum atomic E-state index is 0.287. The largest absolute Gasteiger partial charge is 0.396 e. The summed E-state index contributed by atoms with van der Waals surface area (Å²) in [5.41, 5.74) is 4.29. The molecule has 0 saturated carbocycles. The first kappa shape index (κ1) is 18.1. The predicted octanol–water partition coefficient (Wildman–Crippen LogP) is 2.54. The Bertz CT molecular complexity index is 694. The molecule has 2 aromatic heterocycles. The predicted molar refractivity (Wildman–Crippen MR) is 101 cm³/mol. The number of thiazole rings is 1. The number of aliphatic hydroxyl groups is 1. The topological polar surface area (TPSA) is 65.6 Å². The van der Waals surface area contributed by atoms with E-state index in [4.69, 9.17) is 4.52 Å². The highest BCUT2D eigenvalue weighted by atomic mass is 32.1. The van der Waals surface area contributed by atoms with E-state index in [1.165, 1.54) is 6.42 Å². The Morgan fingerprint density at radius 2 is 2.00 bits per heavy atom. The van der Waals surface area contributed by atoms with Gasteiger partial charge in [-0.25, -0.2) is 4.98 Å². The van der Waals surface area contributed by atoms with Gasteiger partial charge in [-0.3, -0.25) is 9.80 Å². The summed E-state index contributed by atoms with van der Waals surface area (Å²) in [6, 6.07) is 2.03. The van der Waals surface area contributed by atoms with E-state index >= 15 is 0 Å². The van der Waals surface area contributed by atoms with E-state index in [0.717, 1.165) is 69.3 Å². The van der Waals surface area contributed by atoms with Crippen molar-refractivity contribution in [1.82, 2.24) is 19.9 Å². The number of hydrogen-bond acceptors (Lipinski definition) is 7. The molecule has 2 aromatic rings. The van der Waals surface area contributed by atoms with E-state index in [9.17, 15) is 5.11 Å². The van der Waals surface area contributed by atoms with Crippen LogP contribution in [0.25, 0.3) is 0 Å². The molecule has 0 aromatic carbocycles. The first-order valence-electron chi connectivity index (χ1n) is 9.52. The Hall–Kier alpha value is -1.28. The van der Waals surface area contributed by atoms with Crippen molar-refractivity contribution in [2.24, 2.45) is 11.3 Å². The van der Waals surface area contributed by atoms with Gasteiger partial charge >= 0.3 is 0 Å². The molecule has 2 aliphatic heterocycles. The summed E-state index contributed by atoms with van der Waals surface area (Å²) in [4.78, 5) is 9.33. The normalized spacial score (nSPS) is 24.3. The number of piperidine rings is 2. The van der Waals surface area contributed by atoms with E-state index in [2.05, 4.69) is 25.3 Å². The molecule has 0 bridgehead atoms. The number of hydrogen-bond donors (Lipinski definition) is 1. The third-order valence-corrected chi connectivity index (χ3v) is 6.90. The first-order valence-corrected chi connectivity index (χ1v) is 10.5. The summed E-state index contributed by atoms with van der Waals surface area (Å²) in [7, 11) is 0. The zero-order valence-electron chi connectivity index (χ0n) is 15.4. The lowest BCUT2D eigenvalue weighted by Crippen LogP contribution is -2.53. The average molecular weight is 377 g/mol. The minimum Gasteiger partial charge on any atom is -0.396 e. The molecule has 1 spiro atoms. The van der Waals surface area contributed by atoms with Crippen LogP contribution in [0.3, 0.4) is 0 Å². The molecule has 1 N–H and O–H groups in total. The molecule has 2 fully saturated rings. The molecule has 6 nitrogen and oxygen atoms in total. The fourth-order valence-corrected chi connectivity index (χ4v) is 5.20. The molecule has 142 valence electrons. The number of aromatic nitrogens is 2.